The molecule has 0 amide bonds. The van der Waals surface area contributed by atoms with Gasteiger partial charge in [0.05, 0.1) is 6.61 Å². The molecule has 0 aromatic heterocycles. The van der Waals surface area contributed by atoms with E-state index in [0.29, 0.717) is 12.2 Å². The van der Waals surface area contributed by atoms with E-state index in [-0.39, 0.29) is 13.2 Å². The quantitative estimate of drug-likeness (QED) is 0.867. The maximum Gasteiger partial charge on any atom is 0.132 e. The zero-order chi connectivity index (χ0) is 13.7. The summed E-state index contributed by atoms with van der Waals surface area (Å²) in [5, 5.41) is 18.2. The van der Waals surface area contributed by atoms with E-state index in [1.54, 1.807) is 0 Å². The molecule has 0 aliphatic heterocycles. The predicted molar refractivity (Wildman–Crippen MR) is 74.4 cm³/mol. The van der Waals surface area contributed by atoms with Crippen LogP contribution in [-0.4, -0.2) is 16.8 Å². The Balaban J connectivity index is 2.16. The van der Waals surface area contributed by atoms with E-state index >= 15 is 0 Å². The summed E-state index contributed by atoms with van der Waals surface area (Å²) >= 11 is 0. The first-order valence-electron chi connectivity index (χ1n) is 6.31. The summed E-state index contributed by atoms with van der Waals surface area (Å²) < 4.78 is 5.77. The van der Waals surface area contributed by atoms with Crippen LogP contribution < -0.4 is 4.74 Å². The molecule has 0 atom stereocenters. The second-order valence-corrected chi connectivity index (χ2v) is 4.49. The molecule has 0 saturated heterocycles. The SMILES string of the molecule is Cc1ccc(Oc2ccc(CCO)cc2)c(CO)c1. The number of ether oxygens (including phenoxy) is 1. The first-order valence-corrected chi connectivity index (χ1v) is 6.31. The molecule has 2 aromatic rings. The van der Waals surface area contributed by atoms with E-state index in [9.17, 15) is 5.11 Å². The number of benzene rings is 2. The number of rotatable bonds is 5. The molecule has 0 saturated carbocycles. The number of aliphatic hydroxyl groups excluding tert-OH is 2. The molecule has 3 heteroatoms. The van der Waals surface area contributed by atoms with Gasteiger partial charge in [0.2, 0.25) is 0 Å². The van der Waals surface area contributed by atoms with Crippen LogP contribution in [0.2, 0.25) is 0 Å². The van der Waals surface area contributed by atoms with Crippen molar-refractivity contribution in [1.29, 1.82) is 0 Å². The highest BCUT2D eigenvalue weighted by Crippen LogP contribution is 2.26. The molecular formula is C16H18O3. The van der Waals surface area contributed by atoms with E-state index in [1.165, 1.54) is 0 Å². The van der Waals surface area contributed by atoms with Gasteiger partial charge in [0, 0.05) is 12.2 Å². The standard InChI is InChI=1S/C16H18O3/c1-12-2-7-16(14(10-12)11-18)19-15-5-3-13(4-6-15)8-9-17/h2-7,10,17-18H,8-9,11H2,1H3. The normalized spacial score (nSPS) is 10.5. The van der Waals surface area contributed by atoms with Gasteiger partial charge < -0.3 is 14.9 Å². The van der Waals surface area contributed by atoms with Gasteiger partial charge in [-0.2, -0.15) is 0 Å². The summed E-state index contributed by atoms with van der Waals surface area (Å²) in [6.07, 6.45) is 0.646. The largest absolute Gasteiger partial charge is 0.457 e. The van der Waals surface area contributed by atoms with E-state index in [1.807, 2.05) is 49.4 Å². The fourth-order valence-electron chi connectivity index (χ4n) is 1.91. The van der Waals surface area contributed by atoms with Gasteiger partial charge in [0.1, 0.15) is 11.5 Å². The van der Waals surface area contributed by atoms with Crippen molar-refractivity contribution in [1.82, 2.24) is 0 Å². The van der Waals surface area contributed by atoms with E-state index in [4.69, 9.17) is 9.84 Å². The molecule has 0 aliphatic rings. The smallest absolute Gasteiger partial charge is 0.132 e. The summed E-state index contributed by atoms with van der Waals surface area (Å²) in [5.74, 6) is 1.39. The number of hydrogen-bond acceptors (Lipinski definition) is 3. The monoisotopic (exact) mass is 258 g/mol. The molecule has 0 spiro atoms. The van der Waals surface area contributed by atoms with Crippen molar-refractivity contribution < 1.29 is 14.9 Å². The van der Waals surface area contributed by atoms with Crippen LogP contribution in [0.15, 0.2) is 42.5 Å². The van der Waals surface area contributed by atoms with Crippen LogP contribution in [-0.2, 0) is 13.0 Å². The van der Waals surface area contributed by atoms with Gasteiger partial charge in [0.15, 0.2) is 0 Å². The van der Waals surface area contributed by atoms with E-state index in [2.05, 4.69) is 0 Å². The number of aliphatic hydroxyl groups is 2. The fraction of sp³-hybridized carbons (Fsp3) is 0.250. The van der Waals surface area contributed by atoms with Gasteiger partial charge in [-0.3, -0.25) is 0 Å². The lowest BCUT2D eigenvalue weighted by Gasteiger charge is -2.11. The molecule has 2 rings (SSSR count). The van der Waals surface area contributed by atoms with Gasteiger partial charge >= 0.3 is 0 Å². The molecule has 0 unspecified atom stereocenters. The number of aryl methyl sites for hydroxylation is 1. The topological polar surface area (TPSA) is 49.7 Å². The van der Waals surface area contributed by atoms with Crippen LogP contribution >= 0.6 is 0 Å². The maximum atomic E-state index is 9.33. The molecule has 0 aliphatic carbocycles. The van der Waals surface area contributed by atoms with Crippen molar-refractivity contribution in [2.24, 2.45) is 0 Å². The van der Waals surface area contributed by atoms with Crippen molar-refractivity contribution in [3.63, 3.8) is 0 Å². The van der Waals surface area contributed by atoms with Gasteiger partial charge in [-0.1, -0.05) is 29.8 Å². The second kappa shape index (κ2) is 6.36. The molecule has 19 heavy (non-hydrogen) atoms. The van der Waals surface area contributed by atoms with Crippen LogP contribution in [0.3, 0.4) is 0 Å². The zero-order valence-corrected chi connectivity index (χ0v) is 11.0. The second-order valence-electron chi connectivity index (χ2n) is 4.49. The summed E-state index contributed by atoms with van der Waals surface area (Å²) in [6, 6.07) is 13.3. The molecule has 3 nitrogen and oxygen atoms in total. The van der Waals surface area contributed by atoms with E-state index in [0.717, 1.165) is 22.4 Å². The average molecular weight is 258 g/mol. The molecule has 0 heterocycles. The van der Waals surface area contributed by atoms with Crippen molar-refractivity contribution in [2.75, 3.05) is 6.61 Å². The van der Waals surface area contributed by atoms with Crippen LogP contribution in [0, 0.1) is 6.92 Å². The molecule has 0 fully saturated rings. The Kier molecular flexibility index (Phi) is 4.55. The summed E-state index contributed by atoms with van der Waals surface area (Å²) in [4.78, 5) is 0. The van der Waals surface area contributed by atoms with Gasteiger partial charge in [-0.25, -0.2) is 0 Å². The summed E-state index contributed by atoms with van der Waals surface area (Å²) in [6.45, 7) is 2.08. The Morgan fingerprint density at radius 2 is 1.74 bits per heavy atom. The zero-order valence-electron chi connectivity index (χ0n) is 11.0. The first-order chi connectivity index (χ1) is 9.22. The highest BCUT2D eigenvalue weighted by atomic mass is 16.5. The van der Waals surface area contributed by atoms with Gasteiger partial charge in [0.25, 0.3) is 0 Å². The van der Waals surface area contributed by atoms with Crippen molar-refractivity contribution in [2.45, 2.75) is 20.0 Å². The first kappa shape index (κ1) is 13.6. The highest BCUT2D eigenvalue weighted by molar-refractivity contribution is 5.40. The van der Waals surface area contributed by atoms with Crippen molar-refractivity contribution in [3.05, 3.63) is 59.2 Å². The highest BCUT2D eigenvalue weighted by Gasteiger charge is 2.04. The lowest BCUT2D eigenvalue weighted by molar-refractivity contribution is 0.276. The minimum Gasteiger partial charge on any atom is -0.457 e. The van der Waals surface area contributed by atoms with Crippen molar-refractivity contribution in [3.8, 4) is 11.5 Å². The Morgan fingerprint density at radius 1 is 1.00 bits per heavy atom. The summed E-state index contributed by atoms with van der Waals surface area (Å²) in [5.41, 5.74) is 2.94. The molecular weight excluding hydrogens is 240 g/mol. The average Bonchev–Trinajstić information content (AvgIpc) is 2.43. The Hall–Kier alpha value is -1.84. The maximum absolute atomic E-state index is 9.33. The minimum absolute atomic E-state index is 0.0421. The third-order valence-electron chi connectivity index (χ3n) is 2.94. The van der Waals surface area contributed by atoms with Crippen LogP contribution in [0.25, 0.3) is 0 Å². The third kappa shape index (κ3) is 3.56. The summed E-state index contributed by atoms with van der Waals surface area (Å²) in [7, 11) is 0. The van der Waals surface area contributed by atoms with Crippen LogP contribution in [0.5, 0.6) is 11.5 Å². The molecule has 0 radical (unpaired) electrons. The Bertz CT molecular complexity index is 532. The van der Waals surface area contributed by atoms with Gasteiger partial charge in [-0.05, 0) is 37.1 Å². The Morgan fingerprint density at radius 3 is 2.37 bits per heavy atom. The molecule has 2 aromatic carbocycles. The molecule has 0 bridgehead atoms. The lowest BCUT2D eigenvalue weighted by Crippen LogP contribution is -1.94. The van der Waals surface area contributed by atoms with Crippen LogP contribution in [0.4, 0.5) is 0 Å². The minimum atomic E-state index is -0.0421. The molecule has 2 N–H and O–H groups in total. The lowest BCUT2D eigenvalue weighted by atomic mass is 10.1. The van der Waals surface area contributed by atoms with Crippen LogP contribution in [0.1, 0.15) is 16.7 Å². The Labute approximate surface area is 113 Å². The number of hydrogen-bond donors (Lipinski definition) is 2. The van der Waals surface area contributed by atoms with E-state index < -0.39 is 0 Å². The van der Waals surface area contributed by atoms with Crippen molar-refractivity contribution >= 4 is 0 Å². The van der Waals surface area contributed by atoms with Gasteiger partial charge in [-0.15, -0.1) is 0 Å². The third-order valence-corrected chi connectivity index (χ3v) is 2.94. The fourth-order valence-corrected chi connectivity index (χ4v) is 1.91. The molecule has 100 valence electrons. The predicted octanol–water partition coefficient (Wildman–Crippen LogP) is 2.81.